The topological polar surface area (TPSA) is 30.7 Å². The Labute approximate surface area is 101 Å². The molecule has 3 aromatic rings. The molecule has 0 spiro atoms. The summed E-state index contributed by atoms with van der Waals surface area (Å²) in [7, 11) is 1.95. The van der Waals surface area contributed by atoms with Gasteiger partial charge in [0.15, 0.2) is 0 Å². The highest BCUT2D eigenvalue weighted by Gasteiger charge is 2.14. The molecule has 0 saturated carbocycles. The number of hydrogen-bond acceptors (Lipinski definition) is 3. The van der Waals surface area contributed by atoms with E-state index in [1.54, 1.807) is 23.9 Å². The third-order valence-corrected chi connectivity index (χ3v) is 4.09. The molecule has 3 rings (SSSR count). The number of aryl methyl sites for hydroxylation is 1. The monoisotopic (exact) mass is 249 g/mol. The van der Waals surface area contributed by atoms with Crippen LogP contribution in [0, 0.1) is 0 Å². The van der Waals surface area contributed by atoms with Crippen molar-refractivity contribution in [3.8, 4) is 10.6 Å². The Morgan fingerprint density at radius 1 is 1.44 bits per heavy atom. The van der Waals surface area contributed by atoms with Gasteiger partial charge in [-0.25, -0.2) is 4.98 Å². The standard InChI is InChI=1S/C11H8ClN3S/c1-15-6-13-5-7(15)11-9(12)10-8(16-11)3-2-4-14-10/h2-6H,1H3. The van der Waals surface area contributed by atoms with Gasteiger partial charge in [-0.3, -0.25) is 4.98 Å². The van der Waals surface area contributed by atoms with Gasteiger partial charge in [0.05, 0.1) is 32.8 Å². The van der Waals surface area contributed by atoms with Gasteiger partial charge < -0.3 is 4.57 Å². The van der Waals surface area contributed by atoms with Gasteiger partial charge in [-0.1, -0.05) is 11.6 Å². The Kier molecular flexibility index (Phi) is 2.19. The molecule has 0 N–H and O–H groups in total. The maximum absolute atomic E-state index is 6.33. The van der Waals surface area contributed by atoms with Gasteiger partial charge in [0.2, 0.25) is 0 Å². The molecule has 3 aromatic heterocycles. The first-order chi connectivity index (χ1) is 7.77. The summed E-state index contributed by atoms with van der Waals surface area (Å²) in [6, 6.07) is 3.95. The Morgan fingerprint density at radius 3 is 3.00 bits per heavy atom. The fourth-order valence-electron chi connectivity index (χ4n) is 1.64. The van der Waals surface area contributed by atoms with Crippen LogP contribution >= 0.6 is 22.9 Å². The Morgan fingerprint density at radius 2 is 2.31 bits per heavy atom. The second kappa shape index (κ2) is 3.57. The zero-order valence-corrected chi connectivity index (χ0v) is 10.1. The van der Waals surface area contributed by atoms with E-state index in [1.807, 2.05) is 29.9 Å². The summed E-state index contributed by atoms with van der Waals surface area (Å²) in [5.41, 5.74) is 1.89. The van der Waals surface area contributed by atoms with Crippen LogP contribution in [0.1, 0.15) is 0 Å². The molecule has 0 fully saturated rings. The highest BCUT2D eigenvalue weighted by molar-refractivity contribution is 7.23. The minimum atomic E-state index is 0.712. The average molecular weight is 250 g/mol. The molecule has 5 heteroatoms. The first-order valence-corrected chi connectivity index (χ1v) is 5.96. The van der Waals surface area contributed by atoms with Crippen molar-refractivity contribution in [1.29, 1.82) is 0 Å². The summed E-state index contributed by atoms with van der Waals surface area (Å²) in [5.74, 6) is 0. The van der Waals surface area contributed by atoms with E-state index in [4.69, 9.17) is 11.6 Å². The lowest BCUT2D eigenvalue weighted by Crippen LogP contribution is -1.86. The third-order valence-electron chi connectivity index (χ3n) is 2.44. The van der Waals surface area contributed by atoms with E-state index in [0.29, 0.717) is 5.02 Å². The molecule has 0 aliphatic carbocycles. The van der Waals surface area contributed by atoms with Crippen molar-refractivity contribution in [2.75, 3.05) is 0 Å². The Balaban J connectivity index is 2.33. The molecular weight excluding hydrogens is 242 g/mol. The van der Waals surface area contributed by atoms with Crippen LogP contribution in [0.4, 0.5) is 0 Å². The predicted molar refractivity (Wildman–Crippen MR) is 66.8 cm³/mol. The smallest absolute Gasteiger partial charge is 0.100 e. The number of rotatable bonds is 1. The van der Waals surface area contributed by atoms with E-state index in [9.17, 15) is 0 Å². The first-order valence-electron chi connectivity index (χ1n) is 4.77. The van der Waals surface area contributed by atoms with Crippen molar-refractivity contribution in [3.05, 3.63) is 35.9 Å². The van der Waals surface area contributed by atoms with Crippen molar-refractivity contribution in [2.24, 2.45) is 7.05 Å². The van der Waals surface area contributed by atoms with E-state index in [-0.39, 0.29) is 0 Å². The molecule has 16 heavy (non-hydrogen) atoms. The fourth-order valence-corrected chi connectivity index (χ4v) is 3.17. The van der Waals surface area contributed by atoms with E-state index in [1.165, 1.54) is 0 Å². The van der Waals surface area contributed by atoms with Crippen LogP contribution in [0.15, 0.2) is 30.9 Å². The second-order valence-corrected chi connectivity index (χ2v) is 4.92. The van der Waals surface area contributed by atoms with Crippen LogP contribution in [0.5, 0.6) is 0 Å². The number of nitrogens with zero attached hydrogens (tertiary/aromatic N) is 3. The van der Waals surface area contributed by atoms with Gasteiger partial charge in [-0.2, -0.15) is 0 Å². The number of aromatic nitrogens is 3. The fraction of sp³-hybridized carbons (Fsp3) is 0.0909. The van der Waals surface area contributed by atoms with E-state index in [0.717, 1.165) is 20.8 Å². The molecule has 3 heterocycles. The molecule has 0 amide bonds. The maximum Gasteiger partial charge on any atom is 0.100 e. The molecule has 80 valence electrons. The number of imidazole rings is 1. The summed E-state index contributed by atoms with van der Waals surface area (Å²) in [5, 5.41) is 0.712. The van der Waals surface area contributed by atoms with Crippen molar-refractivity contribution >= 4 is 33.2 Å². The van der Waals surface area contributed by atoms with Crippen molar-refractivity contribution in [3.63, 3.8) is 0 Å². The largest absolute Gasteiger partial charge is 0.333 e. The number of halogens is 1. The van der Waals surface area contributed by atoms with Gasteiger partial charge >= 0.3 is 0 Å². The molecule has 0 atom stereocenters. The summed E-state index contributed by atoms with van der Waals surface area (Å²) in [6.45, 7) is 0. The molecule has 0 aliphatic rings. The minimum Gasteiger partial charge on any atom is -0.333 e. The minimum absolute atomic E-state index is 0.712. The quantitative estimate of drug-likeness (QED) is 0.662. The molecular formula is C11H8ClN3S. The van der Waals surface area contributed by atoms with E-state index >= 15 is 0 Å². The first kappa shape index (κ1) is 9.81. The van der Waals surface area contributed by atoms with Crippen LogP contribution in [0.3, 0.4) is 0 Å². The van der Waals surface area contributed by atoms with Crippen LogP contribution in [0.25, 0.3) is 20.8 Å². The molecule has 0 aliphatic heterocycles. The van der Waals surface area contributed by atoms with E-state index < -0.39 is 0 Å². The molecule has 3 nitrogen and oxygen atoms in total. The number of pyridine rings is 1. The molecule has 0 bridgehead atoms. The van der Waals surface area contributed by atoms with E-state index in [2.05, 4.69) is 9.97 Å². The predicted octanol–water partition coefficient (Wildman–Crippen LogP) is 3.35. The normalized spacial score (nSPS) is 11.1. The number of fused-ring (bicyclic) bond motifs is 1. The lowest BCUT2D eigenvalue weighted by Gasteiger charge is -1.98. The van der Waals surface area contributed by atoms with Gasteiger partial charge in [0.1, 0.15) is 5.52 Å². The molecule has 0 saturated heterocycles. The van der Waals surface area contributed by atoms with Crippen molar-refractivity contribution in [1.82, 2.24) is 14.5 Å². The summed E-state index contributed by atoms with van der Waals surface area (Å²) >= 11 is 7.97. The molecule has 0 aromatic carbocycles. The van der Waals surface area contributed by atoms with Crippen LogP contribution in [0.2, 0.25) is 5.02 Å². The summed E-state index contributed by atoms with van der Waals surface area (Å²) in [4.78, 5) is 9.41. The second-order valence-electron chi connectivity index (χ2n) is 3.49. The van der Waals surface area contributed by atoms with Gasteiger partial charge in [-0.05, 0) is 12.1 Å². The zero-order valence-electron chi connectivity index (χ0n) is 8.51. The van der Waals surface area contributed by atoms with Gasteiger partial charge in [0, 0.05) is 13.2 Å². The third kappa shape index (κ3) is 1.34. The highest BCUT2D eigenvalue weighted by Crippen LogP contribution is 2.40. The lowest BCUT2D eigenvalue weighted by atomic mass is 10.3. The Bertz CT molecular complexity index is 656. The zero-order chi connectivity index (χ0) is 11.1. The van der Waals surface area contributed by atoms with Gasteiger partial charge in [-0.15, -0.1) is 11.3 Å². The van der Waals surface area contributed by atoms with Crippen molar-refractivity contribution in [2.45, 2.75) is 0 Å². The highest BCUT2D eigenvalue weighted by atomic mass is 35.5. The maximum atomic E-state index is 6.33. The van der Waals surface area contributed by atoms with Crippen LogP contribution in [-0.4, -0.2) is 14.5 Å². The Hall–Kier alpha value is -1.39. The molecule has 0 radical (unpaired) electrons. The van der Waals surface area contributed by atoms with Crippen LogP contribution in [-0.2, 0) is 7.05 Å². The van der Waals surface area contributed by atoms with Gasteiger partial charge in [0.25, 0.3) is 0 Å². The lowest BCUT2D eigenvalue weighted by molar-refractivity contribution is 0.923. The SMILES string of the molecule is Cn1cncc1-c1sc2cccnc2c1Cl. The number of thiophene rings is 1. The summed E-state index contributed by atoms with van der Waals surface area (Å²) in [6.07, 6.45) is 5.34. The summed E-state index contributed by atoms with van der Waals surface area (Å²) < 4.78 is 3.06. The molecule has 0 unspecified atom stereocenters. The van der Waals surface area contributed by atoms with Crippen molar-refractivity contribution < 1.29 is 0 Å². The average Bonchev–Trinajstić information content (AvgIpc) is 2.84. The van der Waals surface area contributed by atoms with Crippen LogP contribution < -0.4 is 0 Å². The number of hydrogen-bond donors (Lipinski definition) is 0.